The monoisotopic (exact) mass is 270 g/mol. The predicted molar refractivity (Wildman–Crippen MR) is 74.8 cm³/mol. The van der Waals surface area contributed by atoms with Gasteiger partial charge in [-0.15, -0.1) is 0 Å². The van der Waals surface area contributed by atoms with Crippen LogP contribution in [0.5, 0.6) is 0 Å². The molecule has 0 spiro atoms. The molecule has 0 aliphatic heterocycles. The third-order valence-electron chi connectivity index (χ3n) is 2.86. The van der Waals surface area contributed by atoms with E-state index in [0.29, 0.717) is 19.4 Å². The highest BCUT2D eigenvalue weighted by atomic mass is 32.2. The average Bonchev–Trinajstić information content (AvgIpc) is 2.37. The van der Waals surface area contributed by atoms with E-state index in [2.05, 4.69) is 4.72 Å². The van der Waals surface area contributed by atoms with E-state index in [1.54, 1.807) is 0 Å². The first-order valence-electron chi connectivity index (χ1n) is 6.31. The van der Waals surface area contributed by atoms with Crippen LogP contribution in [0.15, 0.2) is 30.3 Å². The Kier molecular flexibility index (Phi) is 6.32. The smallest absolute Gasteiger partial charge is 0.212 e. The summed E-state index contributed by atoms with van der Waals surface area (Å²) in [4.78, 5) is 0. The first-order valence-corrected chi connectivity index (χ1v) is 7.96. The molecule has 0 saturated heterocycles. The topological polar surface area (TPSA) is 72.2 Å². The number of hydrogen-bond donors (Lipinski definition) is 2. The van der Waals surface area contributed by atoms with Gasteiger partial charge in [-0.2, -0.15) is 0 Å². The van der Waals surface area contributed by atoms with Crippen molar-refractivity contribution in [3.63, 3.8) is 0 Å². The molecular formula is C13H22N2O2S. The molecule has 102 valence electrons. The molecule has 18 heavy (non-hydrogen) atoms. The fourth-order valence-electron chi connectivity index (χ4n) is 1.76. The summed E-state index contributed by atoms with van der Waals surface area (Å²) in [6.07, 6.45) is 1.98. The quantitative estimate of drug-likeness (QED) is 0.747. The highest BCUT2D eigenvalue weighted by Crippen LogP contribution is 2.04. The molecule has 0 bridgehead atoms. The Hall–Kier alpha value is -0.910. The van der Waals surface area contributed by atoms with Crippen LogP contribution >= 0.6 is 0 Å². The number of sulfonamides is 1. The number of rotatable bonds is 8. The molecule has 0 aromatic heterocycles. The maximum Gasteiger partial charge on any atom is 0.212 e. The molecule has 0 amide bonds. The van der Waals surface area contributed by atoms with Gasteiger partial charge in [0.2, 0.25) is 10.0 Å². The minimum Gasteiger partial charge on any atom is -0.330 e. The molecule has 3 N–H and O–H groups in total. The highest BCUT2D eigenvalue weighted by Gasteiger charge is 2.15. The minimum atomic E-state index is -3.22. The molecule has 1 atom stereocenters. The van der Waals surface area contributed by atoms with Crippen LogP contribution in [0, 0.1) is 0 Å². The zero-order chi connectivity index (χ0) is 13.4. The number of benzene rings is 1. The SMILES string of the molecule is CCC(CCN)NS(=O)(=O)CCc1ccccc1. The second kappa shape index (κ2) is 7.51. The van der Waals surface area contributed by atoms with Gasteiger partial charge in [-0.3, -0.25) is 0 Å². The summed E-state index contributed by atoms with van der Waals surface area (Å²) in [5.74, 6) is 0.123. The number of hydrogen-bond acceptors (Lipinski definition) is 3. The Bertz CT molecular complexity index is 432. The first-order chi connectivity index (χ1) is 8.57. The molecule has 0 saturated carbocycles. The molecule has 1 rings (SSSR count). The van der Waals surface area contributed by atoms with Crippen molar-refractivity contribution in [1.82, 2.24) is 4.72 Å². The van der Waals surface area contributed by atoms with Crippen LogP contribution in [-0.4, -0.2) is 26.8 Å². The van der Waals surface area contributed by atoms with Gasteiger partial charge in [0.25, 0.3) is 0 Å². The lowest BCUT2D eigenvalue weighted by molar-refractivity contribution is 0.520. The van der Waals surface area contributed by atoms with E-state index in [1.807, 2.05) is 37.3 Å². The van der Waals surface area contributed by atoms with Crippen LogP contribution < -0.4 is 10.5 Å². The molecule has 0 radical (unpaired) electrons. The molecule has 1 aromatic carbocycles. The van der Waals surface area contributed by atoms with Crippen LogP contribution in [0.25, 0.3) is 0 Å². The maximum absolute atomic E-state index is 11.9. The zero-order valence-corrected chi connectivity index (χ0v) is 11.6. The van der Waals surface area contributed by atoms with Crippen LogP contribution in [0.4, 0.5) is 0 Å². The van der Waals surface area contributed by atoms with Crippen molar-refractivity contribution < 1.29 is 8.42 Å². The van der Waals surface area contributed by atoms with Gasteiger partial charge in [-0.05, 0) is 31.4 Å². The van der Waals surface area contributed by atoms with Crippen molar-refractivity contribution in [2.45, 2.75) is 32.2 Å². The minimum absolute atomic E-state index is 0.0456. The molecule has 5 heteroatoms. The average molecular weight is 270 g/mol. The van der Waals surface area contributed by atoms with E-state index < -0.39 is 10.0 Å². The molecule has 0 aliphatic carbocycles. The summed E-state index contributed by atoms with van der Waals surface area (Å²) >= 11 is 0. The summed E-state index contributed by atoms with van der Waals surface area (Å²) in [6.45, 7) is 2.46. The third-order valence-corrected chi connectivity index (χ3v) is 4.29. The summed E-state index contributed by atoms with van der Waals surface area (Å²) in [7, 11) is -3.22. The molecule has 0 heterocycles. The molecule has 1 aromatic rings. The summed E-state index contributed by atoms with van der Waals surface area (Å²) in [5, 5.41) is 0. The second-order valence-corrected chi connectivity index (χ2v) is 6.23. The number of aryl methyl sites for hydroxylation is 1. The lowest BCUT2D eigenvalue weighted by atomic mass is 10.2. The lowest BCUT2D eigenvalue weighted by Gasteiger charge is -2.16. The maximum atomic E-state index is 11.9. The molecule has 0 fully saturated rings. The Morgan fingerprint density at radius 2 is 1.94 bits per heavy atom. The van der Waals surface area contributed by atoms with Gasteiger partial charge in [0, 0.05) is 6.04 Å². The van der Waals surface area contributed by atoms with Gasteiger partial charge in [0.1, 0.15) is 0 Å². The predicted octanol–water partition coefficient (Wildman–Crippen LogP) is 1.28. The largest absolute Gasteiger partial charge is 0.330 e. The van der Waals surface area contributed by atoms with Crippen molar-refractivity contribution in [1.29, 1.82) is 0 Å². The van der Waals surface area contributed by atoms with Crippen molar-refractivity contribution in [3.05, 3.63) is 35.9 Å². The van der Waals surface area contributed by atoms with Gasteiger partial charge in [0.15, 0.2) is 0 Å². The van der Waals surface area contributed by atoms with Gasteiger partial charge < -0.3 is 5.73 Å². The normalized spacial score (nSPS) is 13.4. The van der Waals surface area contributed by atoms with E-state index >= 15 is 0 Å². The first kappa shape index (κ1) is 15.1. The fraction of sp³-hybridized carbons (Fsp3) is 0.538. The van der Waals surface area contributed by atoms with E-state index in [9.17, 15) is 8.42 Å². The number of nitrogens with one attached hydrogen (secondary N) is 1. The molecule has 1 unspecified atom stereocenters. The summed E-state index contributed by atoms with van der Waals surface area (Å²) < 4.78 is 26.5. The van der Waals surface area contributed by atoms with E-state index in [1.165, 1.54) is 0 Å². The lowest BCUT2D eigenvalue weighted by Crippen LogP contribution is -2.37. The van der Waals surface area contributed by atoms with Crippen LogP contribution in [0.3, 0.4) is 0 Å². The molecular weight excluding hydrogens is 248 g/mol. The highest BCUT2D eigenvalue weighted by molar-refractivity contribution is 7.89. The summed E-state index contributed by atoms with van der Waals surface area (Å²) in [6, 6.07) is 9.58. The van der Waals surface area contributed by atoms with Crippen LogP contribution in [0.2, 0.25) is 0 Å². The van der Waals surface area contributed by atoms with E-state index in [-0.39, 0.29) is 11.8 Å². The molecule has 4 nitrogen and oxygen atoms in total. The third kappa shape index (κ3) is 5.62. The second-order valence-electron chi connectivity index (χ2n) is 4.35. The van der Waals surface area contributed by atoms with Gasteiger partial charge >= 0.3 is 0 Å². The van der Waals surface area contributed by atoms with Crippen molar-refractivity contribution in [3.8, 4) is 0 Å². The fourth-order valence-corrected chi connectivity index (χ4v) is 3.17. The van der Waals surface area contributed by atoms with Gasteiger partial charge in [0.05, 0.1) is 5.75 Å². The Morgan fingerprint density at radius 3 is 2.50 bits per heavy atom. The van der Waals surface area contributed by atoms with Crippen molar-refractivity contribution in [2.24, 2.45) is 5.73 Å². The Labute approximate surface area is 110 Å². The number of nitrogens with two attached hydrogens (primary N) is 1. The van der Waals surface area contributed by atoms with Gasteiger partial charge in [-0.1, -0.05) is 37.3 Å². The van der Waals surface area contributed by atoms with Crippen LogP contribution in [0.1, 0.15) is 25.3 Å². The van der Waals surface area contributed by atoms with Gasteiger partial charge in [-0.25, -0.2) is 13.1 Å². The zero-order valence-electron chi connectivity index (χ0n) is 10.8. The standard InChI is InChI=1S/C13H22N2O2S/c1-2-13(8-10-14)15-18(16,17)11-9-12-6-4-3-5-7-12/h3-7,13,15H,2,8-11,14H2,1H3. The van der Waals surface area contributed by atoms with Crippen molar-refractivity contribution in [2.75, 3.05) is 12.3 Å². The van der Waals surface area contributed by atoms with Crippen LogP contribution in [-0.2, 0) is 16.4 Å². The van der Waals surface area contributed by atoms with E-state index in [0.717, 1.165) is 12.0 Å². The molecule has 0 aliphatic rings. The Morgan fingerprint density at radius 1 is 1.28 bits per heavy atom. The van der Waals surface area contributed by atoms with Crippen molar-refractivity contribution >= 4 is 10.0 Å². The van der Waals surface area contributed by atoms with E-state index in [4.69, 9.17) is 5.73 Å². The summed E-state index contributed by atoms with van der Waals surface area (Å²) in [5.41, 5.74) is 6.49. The Balaban J connectivity index is 2.49.